The maximum Gasteiger partial charge on any atom is 0.234 e. The summed E-state index contributed by atoms with van der Waals surface area (Å²) in [4.78, 5) is 30.1. The number of anilines is 2. The molecule has 11 nitrogen and oxygen atoms in total. The van der Waals surface area contributed by atoms with Gasteiger partial charge in [0, 0.05) is 63.4 Å². The Morgan fingerprint density at radius 2 is 2.12 bits per heavy atom. The number of carbonyl (C=O) groups is 1. The molecule has 40 heavy (non-hydrogen) atoms. The molecule has 6 bridgehead atoms. The minimum Gasteiger partial charge on any atom is -0.379 e. The molecule has 4 N–H and O–H groups in total. The van der Waals surface area contributed by atoms with Gasteiger partial charge in [0.05, 0.1) is 32.2 Å². The van der Waals surface area contributed by atoms with Crippen molar-refractivity contribution in [2.75, 3.05) is 57.8 Å². The van der Waals surface area contributed by atoms with E-state index in [1.807, 2.05) is 24.3 Å². The molecule has 1 aromatic carbocycles. The van der Waals surface area contributed by atoms with E-state index < -0.39 is 0 Å². The fourth-order valence-corrected chi connectivity index (χ4v) is 4.65. The number of aliphatic imine (C=N–C) groups is 2. The summed E-state index contributed by atoms with van der Waals surface area (Å²) in [6.07, 6.45) is 4.33. The predicted octanol–water partition coefficient (Wildman–Crippen LogP) is 2.16. The first kappa shape index (κ1) is 28.9. The largest absolute Gasteiger partial charge is 0.379 e. The van der Waals surface area contributed by atoms with Crippen LogP contribution in [-0.4, -0.2) is 91.4 Å². The van der Waals surface area contributed by atoms with Crippen LogP contribution >= 0.6 is 0 Å². The summed E-state index contributed by atoms with van der Waals surface area (Å²) in [7, 11) is 0. The molecule has 0 aliphatic carbocycles. The number of guanidine groups is 1. The first-order valence-corrected chi connectivity index (χ1v) is 13.5. The summed E-state index contributed by atoms with van der Waals surface area (Å²) in [6.45, 7) is 9.32. The smallest absolute Gasteiger partial charge is 0.234 e. The molecule has 1 saturated heterocycles. The topological polar surface area (TPSA) is 144 Å². The number of piperazine rings is 1. The molecule has 1 fully saturated rings. The average Bonchev–Trinajstić information content (AvgIpc) is 2.95. The Balaban J connectivity index is 1.55. The Labute approximate surface area is 235 Å². The molecular weight excluding hydrogens is 506 g/mol. The second-order valence-electron chi connectivity index (χ2n) is 9.82. The number of hydrogen-bond donors (Lipinski definition) is 3. The number of aromatic nitrogens is 1. The van der Waals surface area contributed by atoms with Crippen LogP contribution < -0.4 is 16.4 Å². The number of amides is 1. The number of nitrogens with two attached hydrogens (primary N) is 1. The number of nitrogens with one attached hydrogen (secondary N) is 2. The van der Waals surface area contributed by atoms with Crippen LogP contribution in [0.5, 0.6) is 0 Å². The van der Waals surface area contributed by atoms with Gasteiger partial charge in [0.2, 0.25) is 11.9 Å². The summed E-state index contributed by atoms with van der Waals surface area (Å²) in [5.41, 5.74) is 9.57. The van der Waals surface area contributed by atoms with Crippen LogP contribution in [0, 0.1) is 11.3 Å². The molecule has 3 atom stereocenters. The summed E-state index contributed by atoms with van der Waals surface area (Å²) in [5, 5.41) is 15.2. The van der Waals surface area contributed by atoms with E-state index in [0.29, 0.717) is 63.6 Å². The van der Waals surface area contributed by atoms with E-state index in [-0.39, 0.29) is 17.9 Å². The molecule has 1 aromatic heterocycles. The van der Waals surface area contributed by atoms with Gasteiger partial charge >= 0.3 is 0 Å². The van der Waals surface area contributed by atoms with Gasteiger partial charge in [-0.3, -0.25) is 19.6 Å². The first-order chi connectivity index (χ1) is 19.5. The number of rotatable bonds is 4. The minimum atomic E-state index is -0.0172. The van der Waals surface area contributed by atoms with Crippen molar-refractivity contribution in [1.29, 1.82) is 5.26 Å². The molecule has 5 rings (SSSR count). The van der Waals surface area contributed by atoms with Crippen molar-refractivity contribution in [2.45, 2.75) is 25.4 Å². The highest BCUT2D eigenvalue weighted by Gasteiger charge is 2.28. The Morgan fingerprint density at radius 1 is 1.23 bits per heavy atom. The second kappa shape index (κ2) is 14.9. The summed E-state index contributed by atoms with van der Waals surface area (Å²) in [5.74, 6) is 0.839. The SMILES string of the molecule is C=C1/C=N\C(N)=NCCCNC(=O)CN2CCN(Cc3cccc(c3)Nc3cc1ccn3)C(COCCC#N)C2. The summed E-state index contributed by atoms with van der Waals surface area (Å²) < 4.78 is 5.83. The quantitative estimate of drug-likeness (QED) is 0.498. The Morgan fingerprint density at radius 3 is 3.00 bits per heavy atom. The average molecular weight is 544 g/mol. The number of pyridine rings is 1. The van der Waals surface area contributed by atoms with Crippen LogP contribution in [-0.2, 0) is 16.1 Å². The molecule has 4 heterocycles. The Bertz CT molecular complexity index is 1270. The third-order valence-electron chi connectivity index (χ3n) is 6.72. The molecule has 0 saturated carbocycles. The van der Waals surface area contributed by atoms with E-state index in [1.54, 1.807) is 12.4 Å². The lowest BCUT2D eigenvalue weighted by atomic mass is 10.1. The van der Waals surface area contributed by atoms with E-state index in [2.05, 4.69) is 60.2 Å². The van der Waals surface area contributed by atoms with Gasteiger partial charge in [0.1, 0.15) is 5.82 Å². The normalized spacial score (nSPS) is 23.3. The molecule has 2 aromatic rings. The fourth-order valence-electron chi connectivity index (χ4n) is 4.65. The Kier molecular flexibility index (Phi) is 10.7. The van der Waals surface area contributed by atoms with E-state index >= 15 is 0 Å². The van der Waals surface area contributed by atoms with Crippen LogP contribution in [0.2, 0.25) is 0 Å². The predicted molar refractivity (Wildman–Crippen MR) is 157 cm³/mol. The highest BCUT2D eigenvalue weighted by Crippen LogP contribution is 2.21. The van der Waals surface area contributed by atoms with Gasteiger partial charge in [-0.05, 0) is 47.4 Å². The molecule has 11 heteroatoms. The van der Waals surface area contributed by atoms with Gasteiger partial charge in [0.15, 0.2) is 0 Å². The van der Waals surface area contributed by atoms with Gasteiger partial charge < -0.3 is 21.1 Å². The van der Waals surface area contributed by atoms with Crippen molar-refractivity contribution in [3.63, 3.8) is 0 Å². The van der Waals surface area contributed by atoms with Crippen LogP contribution in [0.25, 0.3) is 5.57 Å². The fraction of sp³-hybridized carbons (Fsp3) is 0.414. The third-order valence-corrected chi connectivity index (χ3v) is 6.72. The molecular formula is C29H37N9O2. The zero-order valence-corrected chi connectivity index (χ0v) is 22.8. The number of allylic oxidation sites excluding steroid dienone is 1. The number of benzene rings is 1. The lowest BCUT2D eigenvalue weighted by Gasteiger charge is -2.41. The van der Waals surface area contributed by atoms with Gasteiger partial charge in [-0.15, -0.1) is 0 Å². The maximum atomic E-state index is 12.6. The van der Waals surface area contributed by atoms with Gasteiger partial charge in [-0.1, -0.05) is 18.7 Å². The summed E-state index contributed by atoms with van der Waals surface area (Å²) in [6, 6.07) is 14.3. The molecule has 210 valence electrons. The molecule has 0 spiro atoms. The van der Waals surface area contributed by atoms with Crippen molar-refractivity contribution in [3.8, 4) is 6.07 Å². The Hall–Kier alpha value is -4.11. The van der Waals surface area contributed by atoms with Crippen LogP contribution in [0.1, 0.15) is 24.0 Å². The van der Waals surface area contributed by atoms with Gasteiger partial charge in [-0.2, -0.15) is 5.26 Å². The third kappa shape index (κ3) is 8.98. The van der Waals surface area contributed by atoms with Crippen LogP contribution in [0.3, 0.4) is 0 Å². The van der Waals surface area contributed by atoms with Crippen molar-refractivity contribution in [2.24, 2.45) is 15.7 Å². The van der Waals surface area contributed by atoms with Crippen molar-refractivity contribution < 1.29 is 9.53 Å². The van der Waals surface area contributed by atoms with Crippen LogP contribution in [0.4, 0.5) is 11.5 Å². The van der Waals surface area contributed by atoms with E-state index in [9.17, 15) is 4.79 Å². The number of ether oxygens (including phenoxy) is 1. The van der Waals surface area contributed by atoms with Crippen molar-refractivity contribution >= 4 is 35.2 Å². The highest BCUT2D eigenvalue weighted by atomic mass is 16.5. The van der Waals surface area contributed by atoms with Crippen molar-refractivity contribution in [1.82, 2.24) is 20.1 Å². The first-order valence-electron chi connectivity index (χ1n) is 13.5. The number of hydrogen-bond acceptors (Lipinski definition) is 10. The number of nitriles is 1. The number of nitrogens with zero attached hydrogens (tertiary/aromatic N) is 6. The molecule has 0 radical (unpaired) electrons. The van der Waals surface area contributed by atoms with E-state index in [4.69, 9.17) is 15.7 Å². The van der Waals surface area contributed by atoms with E-state index in [1.165, 1.54) is 0 Å². The molecule has 3 aliphatic heterocycles. The minimum absolute atomic E-state index is 0.0172. The zero-order valence-electron chi connectivity index (χ0n) is 22.8. The summed E-state index contributed by atoms with van der Waals surface area (Å²) >= 11 is 0. The number of fused-ring (bicyclic) bond motifs is 10. The number of carbonyl (C=O) groups excluding carboxylic acids is 1. The van der Waals surface area contributed by atoms with E-state index in [0.717, 1.165) is 36.4 Å². The van der Waals surface area contributed by atoms with Crippen LogP contribution in [0.15, 0.2) is 59.2 Å². The maximum absolute atomic E-state index is 12.6. The lowest BCUT2D eigenvalue weighted by molar-refractivity contribution is -0.123. The highest BCUT2D eigenvalue weighted by molar-refractivity contribution is 6.12. The zero-order chi connectivity index (χ0) is 28.2. The monoisotopic (exact) mass is 543 g/mol. The van der Waals surface area contributed by atoms with Gasteiger partial charge in [-0.25, -0.2) is 9.98 Å². The standard InChI is InChI=1S/C29H37N9O2/c1-22-17-35-29(31)34-10-4-9-33-28(39)20-37-12-13-38(26(19-37)21-40-14-3-8-30)18-23-5-2-6-25(15-23)36-27-16-24(22)7-11-32-27/h2,5-7,11,15-17,26H,1,3-4,9-10,12-14,18-21H2,(H2,31,34)(H,32,36)(H,33,39)/b35-17-. The second-order valence-corrected chi connectivity index (χ2v) is 9.82. The van der Waals surface area contributed by atoms with Crippen molar-refractivity contribution in [3.05, 3.63) is 60.3 Å². The molecule has 3 unspecified atom stereocenters. The van der Waals surface area contributed by atoms with Gasteiger partial charge in [0.25, 0.3) is 0 Å². The lowest BCUT2D eigenvalue weighted by Crippen LogP contribution is -2.56. The molecule has 1 amide bonds. The molecule has 3 aliphatic rings.